The van der Waals surface area contributed by atoms with Gasteiger partial charge < -0.3 is 11.5 Å². The lowest BCUT2D eigenvalue weighted by Crippen LogP contribution is -2.26. The molecule has 0 bridgehead atoms. The molecule has 0 saturated heterocycles. The average Bonchev–Trinajstić information content (AvgIpc) is 2.43. The summed E-state index contributed by atoms with van der Waals surface area (Å²) < 4.78 is 26.2. The van der Waals surface area contributed by atoms with Crippen LogP contribution in [0.1, 0.15) is 23.2 Å². The molecule has 2 aromatic rings. The minimum Gasteiger partial charge on any atom is -0.322 e. The van der Waals surface area contributed by atoms with Gasteiger partial charge >= 0.3 is 0 Å². The van der Waals surface area contributed by atoms with E-state index in [1.54, 1.807) is 0 Å². The maximum absolute atomic E-state index is 13.1. The average molecular weight is 317 g/mol. The van der Waals surface area contributed by atoms with E-state index in [1.807, 2.05) is 0 Å². The van der Waals surface area contributed by atoms with E-state index >= 15 is 0 Å². The summed E-state index contributed by atoms with van der Waals surface area (Å²) >= 11 is 11.4. The normalized spacial score (nSPS) is 14.1. The Bertz CT molecular complexity index is 579. The Morgan fingerprint density at radius 2 is 1.10 bits per heavy atom. The molecule has 0 fully saturated rings. The van der Waals surface area contributed by atoms with Gasteiger partial charge in [-0.15, -0.1) is 0 Å². The van der Waals surface area contributed by atoms with E-state index in [2.05, 4.69) is 0 Å². The largest absolute Gasteiger partial charge is 0.322 e. The first-order valence-electron chi connectivity index (χ1n) is 5.81. The lowest BCUT2D eigenvalue weighted by Gasteiger charge is -2.21. The Hall–Kier alpha value is -1.20. The second-order valence-electron chi connectivity index (χ2n) is 4.40. The molecule has 2 unspecified atom stereocenters. The van der Waals surface area contributed by atoms with Crippen molar-refractivity contribution in [2.24, 2.45) is 11.5 Å². The lowest BCUT2D eigenvalue weighted by atomic mass is 9.95. The highest BCUT2D eigenvalue weighted by atomic mass is 35.5. The highest BCUT2D eigenvalue weighted by Crippen LogP contribution is 2.29. The first kappa shape index (κ1) is 15.2. The Balaban J connectivity index is 2.29. The first-order chi connectivity index (χ1) is 9.40. The van der Waals surface area contributed by atoms with Crippen molar-refractivity contribution in [2.75, 3.05) is 0 Å². The van der Waals surface area contributed by atoms with Crippen LogP contribution in [0.2, 0.25) is 10.0 Å². The van der Waals surface area contributed by atoms with Crippen LogP contribution >= 0.6 is 23.2 Å². The summed E-state index contributed by atoms with van der Waals surface area (Å²) in [6.07, 6.45) is 0. The zero-order chi connectivity index (χ0) is 14.9. The van der Waals surface area contributed by atoms with Gasteiger partial charge in [-0.05, 0) is 35.4 Å². The van der Waals surface area contributed by atoms with Gasteiger partial charge in [-0.1, -0.05) is 35.3 Å². The van der Waals surface area contributed by atoms with Gasteiger partial charge in [0.15, 0.2) is 0 Å². The predicted molar refractivity (Wildman–Crippen MR) is 76.7 cm³/mol. The third-order valence-electron chi connectivity index (χ3n) is 3.04. The van der Waals surface area contributed by atoms with Crippen molar-refractivity contribution in [1.29, 1.82) is 0 Å². The number of halogens is 4. The highest BCUT2D eigenvalue weighted by Gasteiger charge is 2.19. The summed E-state index contributed by atoms with van der Waals surface area (Å²) in [6, 6.07) is 7.08. The molecule has 0 heterocycles. The number of hydrogen-bond acceptors (Lipinski definition) is 2. The standard InChI is InChI=1S/C14H12Cl2F2N2/c15-9-5-7(1-3-11(9)17)13(19)14(20)8-2-4-12(18)10(16)6-8/h1-6,13-14H,19-20H2. The number of benzene rings is 2. The van der Waals surface area contributed by atoms with Gasteiger partial charge in [-0.25, -0.2) is 8.78 Å². The summed E-state index contributed by atoms with van der Waals surface area (Å²) in [6.45, 7) is 0. The molecular weight excluding hydrogens is 305 g/mol. The van der Waals surface area contributed by atoms with Gasteiger partial charge in [-0.3, -0.25) is 0 Å². The number of rotatable bonds is 3. The van der Waals surface area contributed by atoms with Crippen LogP contribution in [0.5, 0.6) is 0 Å². The van der Waals surface area contributed by atoms with E-state index in [-0.39, 0.29) is 10.0 Å². The van der Waals surface area contributed by atoms with Crippen LogP contribution in [0.4, 0.5) is 8.78 Å². The predicted octanol–water partition coefficient (Wildman–Crippen LogP) is 3.97. The molecule has 2 rings (SSSR count). The van der Waals surface area contributed by atoms with E-state index in [1.165, 1.54) is 36.4 Å². The van der Waals surface area contributed by atoms with Crippen LogP contribution in [0, 0.1) is 11.6 Å². The molecule has 0 aliphatic heterocycles. The zero-order valence-electron chi connectivity index (χ0n) is 10.3. The van der Waals surface area contributed by atoms with Crippen molar-refractivity contribution in [1.82, 2.24) is 0 Å². The monoisotopic (exact) mass is 316 g/mol. The van der Waals surface area contributed by atoms with Crippen LogP contribution in [-0.4, -0.2) is 0 Å². The number of nitrogens with two attached hydrogens (primary N) is 2. The van der Waals surface area contributed by atoms with Gasteiger partial charge in [0, 0.05) is 12.1 Å². The van der Waals surface area contributed by atoms with Gasteiger partial charge in [0.2, 0.25) is 0 Å². The van der Waals surface area contributed by atoms with Crippen molar-refractivity contribution in [3.8, 4) is 0 Å². The van der Waals surface area contributed by atoms with Crippen molar-refractivity contribution < 1.29 is 8.78 Å². The molecule has 0 amide bonds. The molecule has 0 aliphatic carbocycles. The third-order valence-corrected chi connectivity index (χ3v) is 3.62. The Morgan fingerprint density at radius 1 is 0.750 bits per heavy atom. The molecule has 0 aliphatic rings. The van der Waals surface area contributed by atoms with Gasteiger partial charge in [0.25, 0.3) is 0 Å². The molecule has 2 nitrogen and oxygen atoms in total. The molecule has 106 valence electrons. The first-order valence-corrected chi connectivity index (χ1v) is 6.57. The lowest BCUT2D eigenvalue weighted by molar-refractivity contribution is 0.567. The molecule has 2 aromatic carbocycles. The Labute approximate surface area is 125 Å². The minimum absolute atomic E-state index is 0.0257. The van der Waals surface area contributed by atoms with Gasteiger partial charge in [0.05, 0.1) is 10.0 Å². The van der Waals surface area contributed by atoms with Crippen LogP contribution in [0.3, 0.4) is 0 Å². The van der Waals surface area contributed by atoms with Crippen molar-refractivity contribution >= 4 is 23.2 Å². The molecule has 6 heteroatoms. The quantitative estimate of drug-likeness (QED) is 0.900. The minimum atomic E-state index is -0.616. The molecule has 2 atom stereocenters. The van der Waals surface area contributed by atoms with Crippen LogP contribution in [-0.2, 0) is 0 Å². The fraction of sp³-hybridized carbons (Fsp3) is 0.143. The van der Waals surface area contributed by atoms with E-state index < -0.39 is 23.7 Å². The van der Waals surface area contributed by atoms with E-state index in [0.29, 0.717) is 11.1 Å². The maximum atomic E-state index is 13.1. The topological polar surface area (TPSA) is 52.0 Å². The third kappa shape index (κ3) is 3.10. The molecule has 0 radical (unpaired) electrons. The summed E-state index contributed by atoms with van der Waals surface area (Å²) in [7, 11) is 0. The smallest absolute Gasteiger partial charge is 0.141 e. The van der Waals surface area contributed by atoms with Crippen LogP contribution in [0.15, 0.2) is 36.4 Å². The molecule has 0 spiro atoms. The van der Waals surface area contributed by atoms with E-state index in [0.717, 1.165) is 0 Å². The zero-order valence-corrected chi connectivity index (χ0v) is 11.8. The SMILES string of the molecule is NC(c1ccc(F)c(Cl)c1)C(N)c1ccc(F)c(Cl)c1. The molecular formula is C14H12Cl2F2N2. The van der Waals surface area contributed by atoms with Gasteiger partial charge in [-0.2, -0.15) is 0 Å². The Morgan fingerprint density at radius 3 is 1.40 bits per heavy atom. The Kier molecular flexibility index (Phi) is 4.60. The molecule has 0 saturated carbocycles. The van der Waals surface area contributed by atoms with E-state index in [4.69, 9.17) is 34.7 Å². The molecule has 0 aromatic heterocycles. The second-order valence-corrected chi connectivity index (χ2v) is 5.21. The van der Waals surface area contributed by atoms with Crippen LogP contribution < -0.4 is 11.5 Å². The fourth-order valence-electron chi connectivity index (χ4n) is 1.85. The second kappa shape index (κ2) is 6.06. The maximum Gasteiger partial charge on any atom is 0.141 e. The summed E-state index contributed by atoms with van der Waals surface area (Å²) in [5.41, 5.74) is 13.2. The van der Waals surface area contributed by atoms with Crippen LogP contribution in [0.25, 0.3) is 0 Å². The van der Waals surface area contributed by atoms with Crippen molar-refractivity contribution in [2.45, 2.75) is 12.1 Å². The molecule has 20 heavy (non-hydrogen) atoms. The van der Waals surface area contributed by atoms with Gasteiger partial charge in [0.1, 0.15) is 11.6 Å². The van der Waals surface area contributed by atoms with Crippen molar-refractivity contribution in [3.05, 3.63) is 69.2 Å². The summed E-state index contributed by atoms with van der Waals surface area (Å²) in [5.74, 6) is -1.05. The van der Waals surface area contributed by atoms with E-state index in [9.17, 15) is 8.78 Å². The van der Waals surface area contributed by atoms with Crippen molar-refractivity contribution in [3.63, 3.8) is 0 Å². The number of hydrogen-bond donors (Lipinski definition) is 2. The highest BCUT2D eigenvalue weighted by molar-refractivity contribution is 6.31. The summed E-state index contributed by atoms with van der Waals surface area (Å²) in [4.78, 5) is 0. The molecule has 4 N–H and O–H groups in total. The fourth-order valence-corrected chi connectivity index (χ4v) is 2.23. The summed E-state index contributed by atoms with van der Waals surface area (Å²) in [5, 5.41) is -0.0513.